The first kappa shape index (κ1) is 11.7. The van der Waals surface area contributed by atoms with Crippen molar-refractivity contribution in [3.8, 4) is 0 Å². The number of hydrogen-bond donors (Lipinski definition) is 0. The van der Waals surface area contributed by atoms with Gasteiger partial charge in [0.1, 0.15) is 5.78 Å². The van der Waals surface area contributed by atoms with Crippen molar-refractivity contribution >= 4 is 5.78 Å². The monoisotopic (exact) mass is 170 g/mol. The molecule has 0 aliphatic carbocycles. The highest BCUT2D eigenvalue weighted by Crippen LogP contribution is 2.34. The minimum absolute atomic E-state index is 0.117. The van der Waals surface area contributed by atoms with Gasteiger partial charge in [0.2, 0.25) is 0 Å². The average Bonchev–Trinajstić information content (AvgIpc) is 2.01. The highest BCUT2D eigenvalue weighted by molar-refractivity contribution is 5.86. The third kappa shape index (κ3) is 2.09. The van der Waals surface area contributed by atoms with Crippen LogP contribution in [0.15, 0.2) is 0 Å². The molecule has 0 aromatic heterocycles. The zero-order chi connectivity index (χ0) is 9.94. The van der Waals surface area contributed by atoms with Gasteiger partial charge in [0.15, 0.2) is 0 Å². The number of rotatable bonds is 4. The Labute approximate surface area is 76.6 Å². The van der Waals surface area contributed by atoms with E-state index in [1.54, 1.807) is 0 Å². The maximum absolute atomic E-state index is 11.8. The number of Topliss-reactive ketones (excluding diaryl/α,β-unsaturated/α-hetero) is 1. The lowest BCUT2D eigenvalue weighted by molar-refractivity contribution is -0.133. The molecule has 1 atom stereocenters. The van der Waals surface area contributed by atoms with Crippen LogP contribution in [0.2, 0.25) is 0 Å². The van der Waals surface area contributed by atoms with Crippen molar-refractivity contribution in [2.24, 2.45) is 17.3 Å². The molecule has 0 radical (unpaired) electrons. The molecule has 1 nitrogen and oxygen atoms in total. The van der Waals surface area contributed by atoms with Gasteiger partial charge >= 0.3 is 0 Å². The third-order valence-electron chi connectivity index (χ3n) is 3.10. The van der Waals surface area contributed by atoms with Gasteiger partial charge in [-0.2, -0.15) is 0 Å². The van der Waals surface area contributed by atoms with Gasteiger partial charge in [0.05, 0.1) is 0 Å². The molecule has 0 spiro atoms. The minimum atomic E-state index is -0.117. The van der Waals surface area contributed by atoms with Gasteiger partial charge in [-0.3, -0.25) is 4.79 Å². The normalized spacial score (nSPS) is 16.7. The maximum atomic E-state index is 11.8. The Balaban J connectivity index is 4.64. The lowest BCUT2D eigenvalue weighted by Gasteiger charge is -2.32. The van der Waals surface area contributed by atoms with Crippen LogP contribution in [0.25, 0.3) is 0 Å². The first-order valence-electron chi connectivity index (χ1n) is 4.90. The van der Waals surface area contributed by atoms with Crippen molar-refractivity contribution in [2.45, 2.75) is 48.0 Å². The lowest BCUT2D eigenvalue weighted by Crippen LogP contribution is -2.35. The van der Waals surface area contributed by atoms with Gasteiger partial charge in [-0.15, -0.1) is 0 Å². The van der Waals surface area contributed by atoms with Crippen molar-refractivity contribution in [2.75, 3.05) is 0 Å². The summed E-state index contributed by atoms with van der Waals surface area (Å²) >= 11 is 0. The Morgan fingerprint density at radius 1 is 1.25 bits per heavy atom. The summed E-state index contributed by atoms with van der Waals surface area (Å²) in [5.41, 5.74) is -0.117. The van der Waals surface area contributed by atoms with E-state index >= 15 is 0 Å². The molecular weight excluding hydrogens is 148 g/mol. The van der Waals surface area contributed by atoms with Crippen LogP contribution in [-0.2, 0) is 4.79 Å². The summed E-state index contributed by atoms with van der Waals surface area (Å²) < 4.78 is 0. The van der Waals surface area contributed by atoms with Crippen LogP contribution in [0.3, 0.4) is 0 Å². The van der Waals surface area contributed by atoms with Crippen LogP contribution in [-0.4, -0.2) is 5.78 Å². The van der Waals surface area contributed by atoms with E-state index in [-0.39, 0.29) is 11.3 Å². The fourth-order valence-corrected chi connectivity index (χ4v) is 1.53. The van der Waals surface area contributed by atoms with E-state index in [1.807, 2.05) is 13.8 Å². The Bertz CT molecular complexity index is 158. The second-order valence-electron chi connectivity index (χ2n) is 4.44. The smallest absolute Gasteiger partial charge is 0.141 e. The summed E-state index contributed by atoms with van der Waals surface area (Å²) in [7, 11) is 0. The Hall–Kier alpha value is -0.330. The highest BCUT2D eigenvalue weighted by Gasteiger charge is 2.35. The molecule has 0 aliphatic rings. The minimum Gasteiger partial charge on any atom is -0.299 e. The van der Waals surface area contributed by atoms with E-state index in [0.29, 0.717) is 11.7 Å². The zero-order valence-electron chi connectivity index (χ0n) is 9.27. The van der Waals surface area contributed by atoms with Crippen molar-refractivity contribution in [3.63, 3.8) is 0 Å². The molecule has 12 heavy (non-hydrogen) atoms. The molecule has 0 heterocycles. The molecule has 0 saturated heterocycles. The SMILES string of the molecule is CCC(C)(C(=O)C(C)C)C(C)C. The van der Waals surface area contributed by atoms with E-state index < -0.39 is 0 Å². The van der Waals surface area contributed by atoms with E-state index in [9.17, 15) is 4.79 Å². The van der Waals surface area contributed by atoms with Gasteiger partial charge in [-0.05, 0) is 12.3 Å². The van der Waals surface area contributed by atoms with Gasteiger partial charge in [-0.1, -0.05) is 41.5 Å². The van der Waals surface area contributed by atoms with Crippen LogP contribution in [0, 0.1) is 17.3 Å². The molecule has 0 rings (SSSR count). The number of ketones is 1. The number of carbonyl (C=O) groups is 1. The van der Waals surface area contributed by atoms with Crippen LogP contribution in [0.1, 0.15) is 48.0 Å². The molecule has 0 aliphatic heterocycles. The van der Waals surface area contributed by atoms with Gasteiger partial charge in [0, 0.05) is 11.3 Å². The fraction of sp³-hybridized carbons (Fsp3) is 0.909. The zero-order valence-corrected chi connectivity index (χ0v) is 9.27. The first-order chi connectivity index (χ1) is 5.36. The van der Waals surface area contributed by atoms with Gasteiger partial charge in [0.25, 0.3) is 0 Å². The molecule has 0 saturated carbocycles. The summed E-state index contributed by atoms with van der Waals surface area (Å²) in [6.45, 7) is 12.4. The summed E-state index contributed by atoms with van der Waals surface area (Å²) in [6.07, 6.45) is 0.946. The predicted octanol–water partition coefficient (Wildman–Crippen LogP) is 3.28. The number of hydrogen-bond acceptors (Lipinski definition) is 1. The summed E-state index contributed by atoms with van der Waals surface area (Å²) in [5, 5.41) is 0. The second-order valence-corrected chi connectivity index (χ2v) is 4.44. The maximum Gasteiger partial charge on any atom is 0.141 e. The Morgan fingerprint density at radius 3 is 1.75 bits per heavy atom. The van der Waals surface area contributed by atoms with Crippen molar-refractivity contribution in [3.05, 3.63) is 0 Å². The second kappa shape index (κ2) is 4.06. The first-order valence-corrected chi connectivity index (χ1v) is 4.90. The van der Waals surface area contributed by atoms with Gasteiger partial charge in [-0.25, -0.2) is 0 Å². The third-order valence-corrected chi connectivity index (χ3v) is 3.10. The van der Waals surface area contributed by atoms with E-state index in [1.165, 1.54) is 0 Å². The Morgan fingerprint density at radius 2 is 1.67 bits per heavy atom. The molecule has 72 valence electrons. The molecule has 0 aromatic carbocycles. The lowest BCUT2D eigenvalue weighted by atomic mass is 9.70. The van der Waals surface area contributed by atoms with E-state index in [4.69, 9.17) is 0 Å². The van der Waals surface area contributed by atoms with E-state index in [0.717, 1.165) is 6.42 Å². The quantitative estimate of drug-likeness (QED) is 0.632. The van der Waals surface area contributed by atoms with Crippen LogP contribution in [0.5, 0.6) is 0 Å². The molecule has 0 amide bonds. The highest BCUT2D eigenvalue weighted by atomic mass is 16.1. The van der Waals surface area contributed by atoms with Crippen molar-refractivity contribution < 1.29 is 4.79 Å². The standard InChI is InChI=1S/C11H22O/c1-7-11(6,9(4)5)10(12)8(2)3/h8-9H,7H2,1-6H3. The summed E-state index contributed by atoms with van der Waals surface area (Å²) in [5.74, 6) is 1.01. The van der Waals surface area contributed by atoms with Crippen LogP contribution < -0.4 is 0 Å². The summed E-state index contributed by atoms with van der Waals surface area (Å²) in [4.78, 5) is 11.8. The molecule has 0 aromatic rings. The average molecular weight is 170 g/mol. The summed E-state index contributed by atoms with van der Waals surface area (Å²) in [6, 6.07) is 0. The van der Waals surface area contributed by atoms with E-state index in [2.05, 4.69) is 27.7 Å². The van der Waals surface area contributed by atoms with Gasteiger partial charge < -0.3 is 0 Å². The van der Waals surface area contributed by atoms with Crippen molar-refractivity contribution in [1.29, 1.82) is 0 Å². The molecule has 1 unspecified atom stereocenters. The Kier molecular flexibility index (Phi) is 3.95. The topological polar surface area (TPSA) is 17.1 Å². The molecule has 0 bridgehead atoms. The van der Waals surface area contributed by atoms with Crippen molar-refractivity contribution in [1.82, 2.24) is 0 Å². The van der Waals surface area contributed by atoms with Crippen LogP contribution in [0.4, 0.5) is 0 Å². The molecule has 0 fully saturated rings. The molecule has 0 N–H and O–H groups in total. The molecular formula is C11H22O. The molecule has 1 heteroatoms. The fourth-order valence-electron chi connectivity index (χ4n) is 1.53. The predicted molar refractivity (Wildman–Crippen MR) is 53.1 cm³/mol. The number of carbonyl (C=O) groups excluding carboxylic acids is 1. The van der Waals surface area contributed by atoms with Crippen LogP contribution >= 0.6 is 0 Å². The largest absolute Gasteiger partial charge is 0.299 e.